The van der Waals surface area contributed by atoms with Gasteiger partial charge in [0.15, 0.2) is 0 Å². The van der Waals surface area contributed by atoms with Crippen LogP contribution in [-0.2, 0) is 26.6 Å². The summed E-state index contributed by atoms with van der Waals surface area (Å²) in [6.07, 6.45) is 3.93. The largest absolute Gasteiger partial charge is 0.424 e. The van der Waals surface area contributed by atoms with Crippen LogP contribution in [0.1, 0.15) is 30.9 Å². The van der Waals surface area contributed by atoms with Gasteiger partial charge < -0.3 is 18.8 Å². The summed E-state index contributed by atoms with van der Waals surface area (Å²) >= 11 is 0. The van der Waals surface area contributed by atoms with E-state index >= 15 is 0 Å². The summed E-state index contributed by atoms with van der Waals surface area (Å²) in [6.45, 7) is 4.44. The van der Waals surface area contributed by atoms with E-state index in [9.17, 15) is 4.57 Å². The molecule has 0 fully saturated rings. The summed E-state index contributed by atoms with van der Waals surface area (Å²) in [5.41, 5.74) is 2.17. The maximum absolute atomic E-state index is 13.3. The first-order chi connectivity index (χ1) is 13.6. The number of oxazole rings is 1. The highest BCUT2D eigenvalue weighted by atomic mass is 31.2. The van der Waals surface area contributed by atoms with Gasteiger partial charge in [-0.05, 0) is 31.0 Å². The molecular formula is C20H24N3O4P. The molecule has 2 heterocycles. The van der Waals surface area contributed by atoms with Crippen LogP contribution in [-0.4, -0.2) is 23.2 Å². The van der Waals surface area contributed by atoms with Crippen molar-refractivity contribution in [3.63, 3.8) is 0 Å². The lowest BCUT2D eigenvalue weighted by molar-refractivity contribution is 0.229. The van der Waals surface area contributed by atoms with Crippen molar-refractivity contribution in [2.75, 3.05) is 18.5 Å². The average Bonchev–Trinajstić information content (AvgIpc) is 3.12. The Kier molecular flexibility index (Phi) is 6.98. The number of aromatic nitrogens is 2. The number of hydrogen-bond acceptors (Lipinski definition) is 7. The van der Waals surface area contributed by atoms with Gasteiger partial charge in [0.25, 0.3) is 0 Å². The number of anilines is 1. The minimum absolute atomic E-state index is 0.172. The third-order valence-electron chi connectivity index (χ3n) is 3.89. The van der Waals surface area contributed by atoms with Crippen molar-refractivity contribution in [1.82, 2.24) is 9.97 Å². The van der Waals surface area contributed by atoms with E-state index < -0.39 is 7.60 Å². The molecule has 148 valence electrons. The van der Waals surface area contributed by atoms with E-state index in [1.165, 1.54) is 0 Å². The molecule has 0 aliphatic heterocycles. The standard InChI is InChI=1S/C20H24N3O4P/c1-3-25-28(24,26-4-2)20-19(22-15-17-11-8-12-21-14-17)27-18(23-20)13-16-9-6-5-7-10-16/h5-12,14,22H,3-4,13,15H2,1-2H3. The first kappa shape index (κ1) is 20.3. The second-order valence-electron chi connectivity index (χ2n) is 5.97. The summed E-state index contributed by atoms with van der Waals surface area (Å²) < 4.78 is 30.1. The predicted octanol–water partition coefficient (Wildman–Crippen LogP) is 4.16. The van der Waals surface area contributed by atoms with Crippen molar-refractivity contribution < 1.29 is 18.0 Å². The highest BCUT2D eigenvalue weighted by Crippen LogP contribution is 2.48. The molecule has 0 radical (unpaired) electrons. The fourth-order valence-corrected chi connectivity index (χ4v) is 4.29. The van der Waals surface area contributed by atoms with Crippen molar-refractivity contribution in [3.8, 4) is 0 Å². The van der Waals surface area contributed by atoms with Crippen LogP contribution >= 0.6 is 7.60 Å². The van der Waals surface area contributed by atoms with Gasteiger partial charge in [0.1, 0.15) is 0 Å². The van der Waals surface area contributed by atoms with Gasteiger partial charge in [-0.25, -0.2) is 4.98 Å². The van der Waals surface area contributed by atoms with Crippen LogP contribution in [0.5, 0.6) is 0 Å². The van der Waals surface area contributed by atoms with Crippen LogP contribution in [0, 0.1) is 0 Å². The Morgan fingerprint density at radius 1 is 1.04 bits per heavy atom. The molecule has 0 atom stereocenters. The first-order valence-electron chi connectivity index (χ1n) is 9.20. The Morgan fingerprint density at radius 3 is 2.39 bits per heavy atom. The fraction of sp³-hybridized carbons (Fsp3) is 0.300. The van der Waals surface area contributed by atoms with Gasteiger partial charge in [-0.1, -0.05) is 36.4 Å². The number of hydrogen-bond donors (Lipinski definition) is 1. The monoisotopic (exact) mass is 401 g/mol. The summed E-state index contributed by atoms with van der Waals surface area (Å²) in [5, 5.41) is 3.16. The van der Waals surface area contributed by atoms with E-state index in [0.717, 1.165) is 11.1 Å². The number of benzene rings is 1. The maximum Gasteiger partial charge on any atom is 0.385 e. The van der Waals surface area contributed by atoms with Crippen LogP contribution in [0.4, 0.5) is 5.88 Å². The average molecular weight is 401 g/mol. The molecule has 0 amide bonds. The van der Waals surface area contributed by atoms with Crippen LogP contribution in [0.15, 0.2) is 59.3 Å². The van der Waals surface area contributed by atoms with Gasteiger partial charge in [0.05, 0.1) is 13.2 Å². The van der Waals surface area contributed by atoms with Crippen molar-refractivity contribution in [2.24, 2.45) is 0 Å². The van der Waals surface area contributed by atoms with Gasteiger partial charge in [-0.15, -0.1) is 0 Å². The molecule has 1 N–H and O–H groups in total. The second-order valence-corrected chi connectivity index (χ2v) is 7.91. The Morgan fingerprint density at radius 2 is 1.75 bits per heavy atom. The maximum atomic E-state index is 13.3. The van der Waals surface area contributed by atoms with Crippen LogP contribution in [0.3, 0.4) is 0 Å². The van der Waals surface area contributed by atoms with E-state index in [-0.39, 0.29) is 18.6 Å². The molecule has 0 aliphatic carbocycles. The van der Waals surface area contributed by atoms with E-state index in [0.29, 0.717) is 24.7 Å². The molecule has 7 nitrogen and oxygen atoms in total. The van der Waals surface area contributed by atoms with Crippen molar-refractivity contribution in [3.05, 3.63) is 71.9 Å². The molecule has 8 heteroatoms. The van der Waals surface area contributed by atoms with Gasteiger partial charge in [0, 0.05) is 25.4 Å². The fourth-order valence-electron chi connectivity index (χ4n) is 2.69. The highest BCUT2D eigenvalue weighted by molar-refractivity contribution is 7.62. The second kappa shape index (κ2) is 9.64. The Bertz CT molecular complexity index is 906. The van der Waals surface area contributed by atoms with Crippen LogP contribution in [0.25, 0.3) is 0 Å². The Balaban J connectivity index is 1.91. The molecule has 1 aromatic carbocycles. The summed E-state index contributed by atoms with van der Waals surface area (Å²) in [7, 11) is -3.60. The predicted molar refractivity (Wildman–Crippen MR) is 108 cm³/mol. The normalized spacial score (nSPS) is 11.5. The third kappa shape index (κ3) is 5.07. The summed E-state index contributed by atoms with van der Waals surface area (Å²) in [6, 6.07) is 13.6. The minimum Gasteiger partial charge on any atom is -0.424 e. The zero-order valence-electron chi connectivity index (χ0n) is 16.0. The van der Waals surface area contributed by atoms with Gasteiger partial charge in [-0.2, -0.15) is 0 Å². The quantitative estimate of drug-likeness (QED) is 0.510. The number of rotatable bonds is 10. The van der Waals surface area contributed by atoms with Gasteiger partial charge in [-0.3, -0.25) is 9.55 Å². The Labute approximate surface area is 164 Å². The zero-order valence-corrected chi connectivity index (χ0v) is 16.9. The molecule has 0 spiro atoms. The lowest BCUT2D eigenvalue weighted by atomic mass is 10.2. The molecule has 0 saturated heterocycles. The van der Waals surface area contributed by atoms with Crippen molar-refractivity contribution >= 4 is 18.9 Å². The lowest BCUT2D eigenvalue weighted by Crippen LogP contribution is -2.16. The lowest BCUT2D eigenvalue weighted by Gasteiger charge is -2.15. The van der Waals surface area contributed by atoms with Gasteiger partial charge in [0.2, 0.25) is 17.2 Å². The SMILES string of the molecule is CCOP(=O)(OCC)c1nc(Cc2ccccc2)oc1NCc1cccnc1. The minimum atomic E-state index is -3.60. The molecule has 28 heavy (non-hydrogen) atoms. The van der Waals surface area contributed by atoms with E-state index in [2.05, 4.69) is 15.3 Å². The summed E-state index contributed by atoms with van der Waals surface area (Å²) in [5.74, 6) is 0.731. The molecule has 3 aromatic rings. The van der Waals surface area contributed by atoms with Crippen LogP contribution < -0.4 is 10.8 Å². The molecule has 2 aromatic heterocycles. The van der Waals surface area contributed by atoms with Crippen molar-refractivity contribution in [1.29, 1.82) is 0 Å². The first-order valence-corrected chi connectivity index (χ1v) is 10.7. The van der Waals surface area contributed by atoms with Crippen molar-refractivity contribution in [2.45, 2.75) is 26.8 Å². The number of nitrogens with one attached hydrogen (secondary N) is 1. The Hall–Kier alpha value is -2.47. The van der Waals surface area contributed by atoms with Crippen LogP contribution in [0.2, 0.25) is 0 Å². The summed E-state index contributed by atoms with van der Waals surface area (Å²) in [4.78, 5) is 8.57. The molecule has 0 unspecified atom stereocenters. The highest BCUT2D eigenvalue weighted by Gasteiger charge is 2.35. The van der Waals surface area contributed by atoms with Gasteiger partial charge >= 0.3 is 7.60 Å². The number of pyridine rings is 1. The third-order valence-corrected chi connectivity index (χ3v) is 5.90. The number of nitrogens with zero attached hydrogens (tertiary/aromatic N) is 2. The van der Waals surface area contributed by atoms with E-state index in [1.807, 2.05) is 42.5 Å². The molecule has 0 saturated carbocycles. The van der Waals surface area contributed by atoms with E-state index in [1.54, 1.807) is 26.2 Å². The molecule has 0 bridgehead atoms. The smallest absolute Gasteiger partial charge is 0.385 e. The molecule has 3 rings (SSSR count). The zero-order chi connectivity index (χ0) is 19.8. The molecule has 0 aliphatic rings. The van der Waals surface area contributed by atoms with E-state index in [4.69, 9.17) is 13.5 Å². The topological polar surface area (TPSA) is 86.5 Å². The molecular weight excluding hydrogens is 377 g/mol.